The van der Waals surface area contributed by atoms with Gasteiger partial charge in [-0.25, -0.2) is 9.59 Å². The van der Waals surface area contributed by atoms with E-state index in [0.29, 0.717) is 19.3 Å². The number of nitrogens with zero attached hydrogens (tertiary/aromatic N) is 3. The zero-order chi connectivity index (χ0) is 27.7. The summed E-state index contributed by atoms with van der Waals surface area (Å²) in [6, 6.07) is 16.4. The van der Waals surface area contributed by atoms with Gasteiger partial charge in [0, 0.05) is 38.3 Å². The number of fused-ring (bicyclic) bond motifs is 2. The molecule has 0 radical (unpaired) electrons. The van der Waals surface area contributed by atoms with Crippen LogP contribution in [0.5, 0.6) is 0 Å². The number of hydrogen-bond donors (Lipinski definition) is 3. The lowest BCUT2D eigenvalue weighted by Gasteiger charge is -2.32. The normalized spacial score (nSPS) is 17.3. The second-order valence-corrected chi connectivity index (χ2v) is 10.5. The van der Waals surface area contributed by atoms with Crippen molar-refractivity contribution in [2.45, 2.75) is 44.7 Å². The number of nitrogens with one attached hydrogen (secondary N) is 3. The van der Waals surface area contributed by atoms with Crippen molar-refractivity contribution in [1.29, 1.82) is 0 Å². The molecule has 0 amide bonds. The quantitative estimate of drug-likeness (QED) is 0.276. The Bertz CT molecular complexity index is 1460. The highest BCUT2D eigenvalue weighted by atomic mass is 16.5. The van der Waals surface area contributed by atoms with Gasteiger partial charge in [0.15, 0.2) is 0 Å². The lowest BCUT2D eigenvalue weighted by Crippen LogP contribution is -2.38. The summed E-state index contributed by atoms with van der Waals surface area (Å²) >= 11 is 0. The van der Waals surface area contributed by atoms with Crippen molar-refractivity contribution in [2.24, 2.45) is 0 Å². The molecule has 2 saturated heterocycles. The summed E-state index contributed by atoms with van der Waals surface area (Å²) in [5.74, 6) is 0. The summed E-state index contributed by atoms with van der Waals surface area (Å²) in [5.41, 5.74) is 3.93. The molecule has 2 fully saturated rings. The molecule has 0 unspecified atom stereocenters. The fourth-order valence-electron chi connectivity index (χ4n) is 5.90. The van der Waals surface area contributed by atoms with Crippen LogP contribution in [0.15, 0.2) is 58.1 Å². The molecule has 40 heavy (non-hydrogen) atoms. The molecule has 0 atom stereocenters. The summed E-state index contributed by atoms with van der Waals surface area (Å²) in [6.45, 7) is 9.75. The number of para-hydroxylation sites is 4. The molecule has 2 aromatic heterocycles. The zero-order valence-electron chi connectivity index (χ0n) is 23.4. The molecule has 4 aromatic rings. The Hall–Kier alpha value is -3.18. The van der Waals surface area contributed by atoms with Crippen LogP contribution < -0.4 is 16.7 Å². The van der Waals surface area contributed by atoms with Gasteiger partial charge in [-0.1, -0.05) is 24.3 Å². The lowest BCUT2D eigenvalue weighted by atomic mass is 10.0. The van der Waals surface area contributed by atoms with Gasteiger partial charge in [0.25, 0.3) is 0 Å². The van der Waals surface area contributed by atoms with Crippen LogP contribution in [0.25, 0.3) is 22.1 Å². The Kier molecular flexibility index (Phi) is 9.88. The maximum absolute atomic E-state index is 12.3. The summed E-state index contributed by atoms with van der Waals surface area (Å²) < 4.78 is 14.7. The molecule has 4 heterocycles. The van der Waals surface area contributed by atoms with E-state index < -0.39 is 0 Å². The maximum atomic E-state index is 12.3. The van der Waals surface area contributed by atoms with Crippen LogP contribution in [0.4, 0.5) is 0 Å². The number of benzene rings is 2. The van der Waals surface area contributed by atoms with Gasteiger partial charge in [-0.3, -0.25) is 9.13 Å². The second kappa shape index (κ2) is 13.9. The van der Waals surface area contributed by atoms with Gasteiger partial charge in [0.2, 0.25) is 0 Å². The largest absolute Gasteiger partial charge is 0.379 e. The van der Waals surface area contributed by atoms with Gasteiger partial charge in [0.1, 0.15) is 0 Å². The highest BCUT2D eigenvalue weighted by Gasteiger charge is 2.23. The third-order valence-corrected chi connectivity index (χ3v) is 7.97. The third kappa shape index (κ3) is 6.75. The summed E-state index contributed by atoms with van der Waals surface area (Å²) in [5, 5.41) is 3.32. The molecule has 0 saturated carbocycles. The van der Waals surface area contributed by atoms with E-state index >= 15 is 0 Å². The lowest BCUT2D eigenvalue weighted by molar-refractivity contribution is 0.0387. The average Bonchev–Trinajstić information content (AvgIpc) is 3.51. The highest BCUT2D eigenvalue weighted by molar-refractivity contribution is 5.75. The van der Waals surface area contributed by atoms with Crippen molar-refractivity contribution >= 4 is 22.1 Å². The van der Waals surface area contributed by atoms with E-state index in [9.17, 15) is 9.59 Å². The predicted octanol–water partition coefficient (Wildman–Crippen LogP) is 3.27. The molecule has 2 aliphatic rings. The topological polar surface area (TPSA) is 109 Å². The van der Waals surface area contributed by atoms with Crippen LogP contribution >= 0.6 is 0 Å². The molecule has 216 valence electrons. The van der Waals surface area contributed by atoms with E-state index in [4.69, 9.17) is 9.47 Å². The van der Waals surface area contributed by atoms with Gasteiger partial charge in [-0.05, 0) is 70.0 Å². The summed E-state index contributed by atoms with van der Waals surface area (Å²) in [4.78, 5) is 32.5. The van der Waals surface area contributed by atoms with Crippen LogP contribution in [0.1, 0.15) is 44.7 Å². The molecule has 10 nitrogen and oxygen atoms in total. The van der Waals surface area contributed by atoms with Crippen LogP contribution in [0, 0.1) is 0 Å². The molecule has 0 aliphatic carbocycles. The highest BCUT2D eigenvalue weighted by Crippen LogP contribution is 2.25. The van der Waals surface area contributed by atoms with Crippen molar-refractivity contribution in [1.82, 2.24) is 29.3 Å². The van der Waals surface area contributed by atoms with Crippen molar-refractivity contribution in [3.05, 3.63) is 69.5 Å². The maximum Gasteiger partial charge on any atom is 0.326 e. The van der Waals surface area contributed by atoms with Gasteiger partial charge >= 0.3 is 11.4 Å². The number of H-pyrrole nitrogens is 2. The smallest absolute Gasteiger partial charge is 0.326 e. The van der Waals surface area contributed by atoms with E-state index in [-0.39, 0.29) is 17.4 Å². The number of rotatable bonds is 9. The zero-order valence-corrected chi connectivity index (χ0v) is 23.4. The monoisotopic (exact) mass is 550 g/mol. The number of aromatic nitrogens is 4. The summed E-state index contributed by atoms with van der Waals surface area (Å²) in [6.07, 6.45) is 4.06. The van der Waals surface area contributed by atoms with Crippen molar-refractivity contribution in [3.8, 4) is 0 Å². The fraction of sp³-hybridized carbons (Fsp3) is 0.533. The predicted molar refractivity (Wildman–Crippen MR) is 158 cm³/mol. The van der Waals surface area contributed by atoms with Crippen LogP contribution in [0.2, 0.25) is 0 Å². The molecule has 10 heteroatoms. The Morgan fingerprint density at radius 1 is 0.725 bits per heavy atom. The number of imidazole rings is 2. The number of piperidine rings is 2. The number of hydrogen-bond acceptors (Lipinski definition) is 6. The second-order valence-electron chi connectivity index (χ2n) is 10.5. The van der Waals surface area contributed by atoms with Crippen molar-refractivity contribution in [2.75, 3.05) is 59.2 Å². The first kappa shape index (κ1) is 28.4. The molecule has 2 aromatic carbocycles. The Labute approximate surface area is 234 Å². The Morgan fingerprint density at radius 3 is 1.82 bits per heavy atom. The van der Waals surface area contributed by atoms with E-state index in [2.05, 4.69) is 20.2 Å². The molecular formula is C30H42N6O4. The third-order valence-electron chi connectivity index (χ3n) is 7.97. The standard InChI is InChI=1S/C18H27N3O3.C12H15N3O/c1-2-23-13-14-24-12-11-20-9-7-15(8-10-20)21-17-6-4-3-5-16(17)19-18(21)22;16-12-14-10-3-1-2-4-11(10)15(12)9-5-7-13-8-6-9/h3-6,15H,2,7-14H2,1H3,(H,19,22);1-4,9,13H,5-8H2,(H,14,16). The number of likely N-dealkylation sites (tertiary alicyclic amines) is 1. The van der Waals surface area contributed by atoms with E-state index in [0.717, 1.165) is 93.7 Å². The van der Waals surface area contributed by atoms with E-state index in [1.54, 1.807) is 0 Å². The Balaban J connectivity index is 0.000000174. The van der Waals surface area contributed by atoms with Gasteiger partial charge in [-0.2, -0.15) is 0 Å². The first-order valence-electron chi connectivity index (χ1n) is 14.6. The minimum absolute atomic E-state index is 0.00825. The molecule has 0 spiro atoms. The molecule has 3 N–H and O–H groups in total. The van der Waals surface area contributed by atoms with Crippen LogP contribution in [0.3, 0.4) is 0 Å². The van der Waals surface area contributed by atoms with Crippen molar-refractivity contribution < 1.29 is 9.47 Å². The molecule has 2 aliphatic heterocycles. The average molecular weight is 551 g/mol. The minimum atomic E-state index is 0.00825. The van der Waals surface area contributed by atoms with Gasteiger partial charge < -0.3 is 29.7 Å². The van der Waals surface area contributed by atoms with Crippen LogP contribution in [-0.4, -0.2) is 83.2 Å². The number of ether oxygens (including phenoxy) is 2. The molecular weight excluding hydrogens is 508 g/mol. The van der Waals surface area contributed by atoms with Crippen molar-refractivity contribution in [3.63, 3.8) is 0 Å². The fourth-order valence-corrected chi connectivity index (χ4v) is 5.90. The van der Waals surface area contributed by atoms with Crippen LogP contribution in [-0.2, 0) is 9.47 Å². The first-order valence-corrected chi connectivity index (χ1v) is 14.6. The molecule has 0 bridgehead atoms. The van der Waals surface area contributed by atoms with E-state index in [1.807, 2.05) is 64.6 Å². The Morgan fingerprint density at radius 2 is 1.25 bits per heavy atom. The minimum Gasteiger partial charge on any atom is -0.379 e. The number of aromatic amines is 2. The van der Waals surface area contributed by atoms with Gasteiger partial charge in [-0.15, -0.1) is 0 Å². The van der Waals surface area contributed by atoms with E-state index in [1.165, 1.54) is 0 Å². The summed E-state index contributed by atoms with van der Waals surface area (Å²) in [7, 11) is 0. The first-order chi connectivity index (χ1) is 19.7. The van der Waals surface area contributed by atoms with Gasteiger partial charge in [0.05, 0.1) is 41.9 Å². The molecule has 6 rings (SSSR count). The SMILES string of the molecule is CCOCCOCCN1CCC(n2c(=O)[nH]c3ccccc32)CC1.O=c1[nH]c2ccccc2n1C1CCNCC1.